The van der Waals surface area contributed by atoms with Gasteiger partial charge in [-0.15, -0.1) is 0 Å². The molecule has 1 aliphatic rings. The first-order chi connectivity index (χ1) is 9.11. The summed E-state index contributed by atoms with van der Waals surface area (Å²) in [5.41, 5.74) is 1.16. The van der Waals surface area contributed by atoms with Crippen molar-refractivity contribution in [1.29, 1.82) is 0 Å². The van der Waals surface area contributed by atoms with Gasteiger partial charge in [0.05, 0.1) is 25.2 Å². The van der Waals surface area contributed by atoms with Crippen LogP contribution in [0.1, 0.15) is 45.3 Å². The van der Waals surface area contributed by atoms with E-state index >= 15 is 0 Å². The molecule has 0 atom stereocenters. The fourth-order valence-corrected chi connectivity index (χ4v) is 2.25. The Kier molecular flexibility index (Phi) is 4.58. The Morgan fingerprint density at radius 3 is 2.89 bits per heavy atom. The maximum Gasteiger partial charge on any atom is 0.320 e. The lowest BCUT2D eigenvalue weighted by Gasteiger charge is -2.22. The fraction of sp³-hybridized carbons (Fsp3) is 0.714. The lowest BCUT2D eigenvalue weighted by Crippen LogP contribution is -2.33. The van der Waals surface area contributed by atoms with Gasteiger partial charge < -0.3 is 9.30 Å². The molecule has 0 amide bonds. The van der Waals surface area contributed by atoms with Crippen LogP contribution >= 0.6 is 0 Å². The molecule has 1 saturated carbocycles. The third-order valence-electron chi connectivity index (χ3n) is 3.37. The zero-order valence-electron chi connectivity index (χ0n) is 12.0. The van der Waals surface area contributed by atoms with Gasteiger partial charge in [0.2, 0.25) is 0 Å². The normalized spacial score (nSPS) is 15.2. The number of carbonyl (C=O) groups excluding carboxylic acids is 1. The molecule has 2 rings (SSSR count). The summed E-state index contributed by atoms with van der Waals surface area (Å²) in [5, 5.41) is 0. The molecule has 1 fully saturated rings. The van der Waals surface area contributed by atoms with Crippen LogP contribution in [0.25, 0.3) is 0 Å². The predicted molar refractivity (Wildman–Crippen MR) is 72.7 cm³/mol. The highest BCUT2D eigenvalue weighted by atomic mass is 16.5. The minimum Gasteiger partial charge on any atom is -0.465 e. The Morgan fingerprint density at radius 2 is 2.32 bits per heavy atom. The first-order valence-electron chi connectivity index (χ1n) is 7.02. The van der Waals surface area contributed by atoms with Crippen LogP contribution in [0.15, 0.2) is 12.5 Å². The molecule has 19 heavy (non-hydrogen) atoms. The van der Waals surface area contributed by atoms with E-state index in [-0.39, 0.29) is 5.97 Å². The third-order valence-corrected chi connectivity index (χ3v) is 3.37. The summed E-state index contributed by atoms with van der Waals surface area (Å²) in [6.45, 7) is 7.70. The van der Waals surface area contributed by atoms with Gasteiger partial charge in [0.25, 0.3) is 0 Å². The minimum atomic E-state index is -0.134. The Morgan fingerprint density at radius 1 is 1.58 bits per heavy atom. The average molecular weight is 265 g/mol. The Hall–Kier alpha value is -1.36. The molecule has 1 heterocycles. The van der Waals surface area contributed by atoms with Gasteiger partial charge in [-0.3, -0.25) is 9.69 Å². The van der Waals surface area contributed by atoms with Crippen LogP contribution in [0.5, 0.6) is 0 Å². The van der Waals surface area contributed by atoms with Crippen LogP contribution in [0.2, 0.25) is 0 Å². The molecule has 1 aromatic heterocycles. The number of nitrogens with zero attached hydrogens (tertiary/aromatic N) is 3. The van der Waals surface area contributed by atoms with Crippen molar-refractivity contribution >= 4 is 5.97 Å². The van der Waals surface area contributed by atoms with Gasteiger partial charge in [-0.05, 0) is 33.6 Å². The Balaban J connectivity index is 2.00. The second-order valence-electron chi connectivity index (χ2n) is 5.33. The summed E-state index contributed by atoms with van der Waals surface area (Å²) in [6.07, 6.45) is 6.10. The van der Waals surface area contributed by atoms with E-state index in [0.29, 0.717) is 25.2 Å². The molecule has 5 heteroatoms. The molecule has 0 spiro atoms. The lowest BCUT2D eigenvalue weighted by atomic mass is 10.3. The Labute approximate surface area is 114 Å². The first-order valence-corrected chi connectivity index (χ1v) is 7.02. The van der Waals surface area contributed by atoms with E-state index in [2.05, 4.69) is 28.3 Å². The van der Waals surface area contributed by atoms with E-state index in [1.807, 2.05) is 19.4 Å². The largest absolute Gasteiger partial charge is 0.465 e. The molecule has 5 nitrogen and oxygen atoms in total. The molecule has 0 saturated heterocycles. The smallest absolute Gasteiger partial charge is 0.320 e. The summed E-state index contributed by atoms with van der Waals surface area (Å²) in [6, 6.07) is 0.918. The van der Waals surface area contributed by atoms with Gasteiger partial charge in [-0.1, -0.05) is 0 Å². The van der Waals surface area contributed by atoms with Crippen molar-refractivity contribution in [3.05, 3.63) is 18.2 Å². The molecule has 106 valence electrons. The van der Waals surface area contributed by atoms with Crippen molar-refractivity contribution in [2.24, 2.45) is 0 Å². The zero-order chi connectivity index (χ0) is 13.8. The number of hydrogen-bond acceptors (Lipinski definition) is 4. The second-order valence-corrected chi connectivity index (χ2v) is 5.33. The zero-order valence-corrected chi connectivity index (χ0v) is 12.0. The van der Waals surface area contributed by atoms with Gasteiger partial charge in [0, 0.05) is 24.8 Å². The number of carbonyl (C=O) groups is 1. The monoisotopic (exact) mass is 265 g/mol. The van der Waals surface area contributed by atoms with Gasteiger partial charge in [-0.25, -0.2) is 4.98 Å². The summed E-state index contributed by atoms with van der Waals surface area (Å²) in [5.74, 6) is -0.134. The Bertz CT molecular complexity index is 424. The van der Waals surface area contributed by atoms with Crippen LogP contribution in [-0.2, 0) is 16.1 Å². The molecule has 1 aliphatic carbocycles. The van der Waals surface area contributed by atoms with E-state index in [1.165, 1.54) is 12.8 Å². The van der Waals surface area contributed by atoms with E-state index in [0.717, 1.165) is 12.2 Å². The number of ether oxygens (including phenoxy) is 1. The first kappa shape index (κ1) is 14.1. The average Bonchev–Trinajstić information content (AvgIpc) is 3.09. The molecule has 0 aromatic carbocycles. The maximum absolute atomic E-state index is 11.6. The van der Waals surface area contributed by atoms with Crippen LogP contribution < -0.4 is 0 Å². The van der Waals surface area contributed by atoms with E-state index in [1.54, 1.807) is 0 Å². The van der Waals surface area contributed by atoms with Crippen LogP contribution in [0.3, 0.4) is 0 Å². The number of rotatable bonds is 7. The summed E-state index contributed by atoms with van der Waals surface area (Å²) in [7, 11) is 0. The molecule has 0 unspecified atom stereocenters. The maximum atomic E-state index is 11.6. The van der Waals surface area contributed by atoms with Gasteiger partial charge >= 0.3 is 5.97 Å². The quantitative estimate of drug-likeness (QED) is 0.707. The number of imidazole rings is 1. The molecule has 0 bridgehead atoms. The topological polar surface area (TPSA) is 47.4 Å². The summed E-state index contributed by atoms with van der Waals surface area (Å²) >= 11 is 0. The van der Waals surface area contributed by atoms with E-state index < -0.39 is 0 Å². The SMILES string of the molecule is CCOC(=O)CN(Cc1cncn1C(C)C)C1CC1. The summed E-state index contributed by atoms with van der Waals surface area (Å²) < 4.78 is 7.20. The standard InChI is InChI=1S/C14H23N3O2/c1-4-19-14(18)9-16(12-5-6-12)8-13-7-15-10-17(13)11(2)3/h7,10-12H,4-6,8-9H2,1-3H3. The number of aromatic nitrogens is 2. The molecule has 1 aromatic rings. The molecule has 0 radical (unpaired) electrons. The van der Waals surface area contributed by atoms with E-state index in [9.17, 15) is 4.79 Å². The highest BCUT2D eigenvalue weighted by Gasteiger charge is 2.31. The predicted octanol–water partition coefficient (Wildman–Crippen LogP) is 1.99. The summed E-state index contributed by atoms with van der Waals surface area (Å²) in [4.78, 5) is 18.1. The second kappa shape index (κ2) is 6.19. The van der Waals surface area contributed by atoms with Crippen LogP contribution in [0.4, 0.5) is 0 Å². The third kappa shape index (κ3) is 3.80. The number of hydrogen-bond donors (Lipinski definition) is 0. The van der Waals surface area contributed by atoms with Crippen molar-refractivity contribution in [2.45, 2.75) is 52.2 Å². The highest BCUT2D eigenvalue weighted by Crippen LogP contribution is 2.28. The van der Waals surface area contributed by atoms with Gasteiger partial charge in [0.15, 0.2) is 0 Å². The van der Waals surface area contributed by atoms with Crippen molar-refractivity contribution in [3.63, 3.8) is 0 Å². The van der Waals surface area contributed by atoms with Crippen molar-refractivity contribution in [3.8, 4) is 0 Å². The van der Waals surface area contributed by atoms with Crippen LogP contribution in [-0.4, -0.2) is 39.6 Å². The molecule has 0 aliphatic heterocycles. The van der Waals surface area contributed by atoms with Crippen molar-refractivity contribution < 1.29 is 9.53 Å². The highest BCUT2D eigenvalue weighted by molar-refractivity contribution is 5.71. The molecule has 0 N–H and O–H groups in total. The fourth-order valence-electron chi connectivity index (χ4n) is 2.25. The lowest BCUT2D eigenvalue weighted by molar-refractivity contribution is -0.144. The van der Waals surface area contributed by atoms with Crippen LogP contribution in [0, 0.1) is 0 Å². The molecular formula is C14H23N3O2. The van der Waals surface area contributed by atoms with Gasteiger partial charge in [0.1, 0.15) is 0 Å². The molecular weight excluding hydrogens is 242 g/mol. The van der Waals surface area contributed by atoms with E-state index in [4.69, 9.17) is 4.74 Å². The minimum absolute atomic E-state index is 0.134. The number of esters is 1. The van der Waals surface area contributed by atoms with Crippen molar-refractivity contribution in [1.82, 2.24) is 14.5 Å². The van der Waals surface area contributed by atoms with Crippen molar-refractivity contribution in [2.75, 3.05) is 13.2 Å². The van der Waals surface area contributed by atoms with Gasteiger partial charge in [-0.2, -0.15) is 0 Å².